The van der Waals surface area contributed by atoms with E-state index in [9.17, 15) is 4.79 Å². The Bertz CT molecular complexity index is 233. The first kappa shape index (κ1) is 11.7. The lowest BCUT2D eigenvalue weighted by Crippen LogP contribution is -2.21. The topological polar surface area (TPSA) is 32.3 Å². The van der Waals surface area contributed by atoms with E-state index in [4.69, 9.17) is 0 Å². The van der Waals surface area contributed by atoms with Crippen LogP contribution >= 0.6 is 0 Å². The maximum absolute atomic E-state index is 10.9. The molecule has 3 nitrogen and oxygen atoms in total. The first-order chi connectivity index (χ1) is 6.16. The number of nitrogens with zero attached hydrogens (tertiary/aromatic N) is 1. The molecule has 0 aliphatic rings. The Morgan fingerprint density at radius 2 is 2.15 bits per heavy atom. The highest BCUT2D eigenvalue weighted by atomic mass is 16.1. The Morgan fingerprint density at radius 3 is 2.69 bits per heavy atom. The summed E-state index contributed by atoms with van der Waals surface area (Å²) in [5.74, 6) is 5.67. The molecule has 0 spiro atoms. The summed E-state index contributed by atoms with van der Waals surface area (Å²) in [7, 11) is 3.90. The van der Waals surface area contributed by atoms with E-state index in [1.165, 1.54) is 6.08 Å². The van der Waals surface area contributed by atoms with Gasteiger partial charge in [0.05, 0.1) is 13.1 Å². The lowest BCUT2D eigenvalue weighted by Gasteiger charge is -2.00. The third-order valence-electron chi connectivity index (χ3n) is 1.19. The molecular formula is C10H16N2O. The first-order valence-electron chi connectivity index (χ1n) is 4.17. The highest BCUT2D eigenvalue weighted by Crippen LogP contribution is 1.71. The predicted molar refractivity (Wildman–Crippen MR) is 54.2 cm³/mol. The molecule has 13 heavy (non-hydrogen) atoms. The number of allylic oxidation sites excluding steroid dienone is 1. The van der Waals surface area contributed by atoms with Crippen molar-refractivity contribution < 1.29 is 4.79 Å². The average Bonchev–Trinajstić information content (AvgIpc) is 2.03. The second-order valence-corrected chi connectivity index (χ2v) is 2.81. The molecule has 0 radical (unpaired) electrons. The smallest absolute Gasteiger partial charge is 0.244 e. The minimum Gasteiger partial charge on any atom is -0.342 e. The minimum atomic E-state index is -0.0957. The van der Waals surface area contributed by atoms with E-state index in [-0.39, 0.29) is 5.91 Å². The van der Waals surface area contributed by atoms with Gasteiger partial charge >= 0.3 is 0 Å². The van der Waals surface area contributed by atoms with Gasteiger partial charge in [0.2, 0.25) is 5.91 Å². The van der Waals surface area contributed by atoms with Gasteiger partial charge in [0.1, 0.15) is 0 Å². The van der Waals surface area contributed by atoms with Crippen molar-refractivity contribution in [3.8, 4) is 11.8 Å². The maximum atomic E-state index is 10.9. The number of carbonyl (C=O) groups excluding carboxylic acids is 1. The summed E-state index contributed by atoms with van der Waals surface area (Å²) in [6.07, 6.45) is 3.18. The monoisotopic (exact) mass is 180 g/mol. The molecule has 1 N–H and O–H groups in total. The Morgan fingerprint density at radius 1 is 1.46 bits per heavy atom. The van der Waals surface area contributed by atoms with Crippen molar-refractivity contribution >= 4 is 5.91 Å². The van der Waals surface area contributed by atoms with Gasteiger partial charge in [0.25, 0.3) is 0 Å². The van der Waals surface area contributed by atoms with Crippen LogP contribution in [0.4, 0.5) is 0 Å². The summed E-state index contributed by atoms with van der Waals surface area (Å²) in [5, 5.41) is 2.64. The Labute approximate surface area is 79.8 Å². The second-order valence-electron chi connectivity index (χ2n) is 2.81. The fourth-order valence-corrected chi connectivity index (χ4v) is 0.618. The molecule has 0 aliphatic carbocycles. The van der Waals surface area contributed by atoms with Crippen molar-refractivity contribution in [1.82, 2.24) is 10.2 Å². The van der Waals surface area contributed by atoms with Crippen molar-refractivity contribution in [1.29, 1.82) is 0 Å². The third kappa shape index (κ3) is 8.64. The number of hydrogen-bond donors (Lipinski definition) is 1. The first-order valence-corrected chi connectivity index (χ1v) is 4.17. The third-order valence-corrected chi connectivity index (χ3v) is 1.19. The van der Waals surface area contributed by atoms with Gasteiger partial charge in [-0.25, -0.2) is 0 Å². The molecule has 0 aromatic rings. The number of nitrogens with one attached hydrogen (secondary N) is 1. The Kier molecular flexibility index (Phi) is 6.66. The summed E-state index contributed by atoms with van der Waals surface area (Å²) in [6.45, 7) is 2.94. The van der Waals surface area contributed by atoms with Gasteiger partial charge in [-0.2, -0.15) is 0 Å². The van der Waals surface area contributed by atoms with Gasteiger partial charge < -0.3 is 5.32 Å². The summed E-state index contributed by atoms with van der Waals surface area (Å²) in [4.78, 5) is 12.8. The largest absolute Gasteiger partial charge is 0.342 e. The molecular weight excluding hydrogens is 164 g/mol. The zero-order valence-electron chi connectivity index (χ0n) is 8.42. The summed E-state index contributed by atoms with van der Waals surface area (Å²) in [5.41, 5.74) is 0. The Hall–Kier alpha value is -1.27. The molecule has 0 saturated carbocycles. The van der Waals surface area contributed by atoms with Gasteiger partial charge in [-0.05, 0) is 27.1 Å². The van der Waals surface area contributed by atoms with E-state index in [0.717, 1.165) is 6.54 Å². The molecule has 0 fully saturated rings. The minimum absolute atomic E-state index is 0.0957. The summed E-state index contributed by atoms with van der Waals surface area (Å²) >= 11 is 0. The lowest BCUT2D eigenvalue weighted by molar-refractivity contribution is -0.116. The van der Waals surface area contributed by atoms with Gasteiger partial charge in [-0.1, -0.05) is 17.9 Å². The highest BCUT2D eigenvalue weighted by molar-refractivity contribution is 5.87. The fourth-order valence-electron chi connectivity index (χ4n) is 0.618. The van der Waals surface area contributed by atoms with E-state index < -0.39 is 0 Å². The number of hydrogen-bond acceptors (Lipinski definition) is 2. The number of amides is 1. The van der Waals surface area contributed by atoms with Crippen LogP contribution in [-0.2, 0) is 4.79 Å². The molecule has 0 heterocycles. The lowest BCUT2D eigenvalue weighted by atomic mass is 10.4. The van der Waals surface area contributed by atoms with Crippen LogP contribution in [0.25, 0.3) is 0 Å². The van der Waals surface area contributed by atoms with Crippen molar-refractivity contribution in [2.45, 2.75) is 6.92 Å². The molecule has 0 bridgehead atoms. The predicted octanol–water partition coefficient (Wildman–Crippen LogP) is 0.244. The van der Waals surface area contributed by atoms with E-state index in [0.29, 0.717) is 6.54 Å². The maximum Gasteiger partial charge on any atom is 0.244 e. The normalized spacial score (nSPS) is 9.85. The van der Waals surface area contributed by atoms with Crippen molar-refractivity contribution in [2.75, 3.05) is 27.2 Å². The van der Waals surface area contributed by atoms with Crippen molar-refractivity contribution in [2.24, 2.45) is 0 Å². The van der Waals surface area contributed by atoms with E-state index in [1.54, 1.807) is 13.0 Å². The molecule has 0 saturated heterocycles. The molecule has 0 rings (SSSR count). The molecule has 0 aromatic heterocycles. The van der Waals surface area contributed by atoms with Crippen LogP contribution in [-0.4, -0.2) is 38.0 Å². The average molecular weight is 180 g/mol. The molecule has 3 heteroatoms. The quantitative estimate of drug-likeness (QED) is 0.498. The van der Waals surface area contributed by atoms with Crippen LogP contribution < -0.4 is 5.32 Å². The van der Waals surface area contributed by atoms with Crippen LogP contribution in [0.15, 0.2) is 12.2 Å². The number of rotatable bonds is 3. The Balaban J connectivity index is 3.53. The SMILES string of the molecule is C/C=C/C(=O)NCC#CCN(C)C. The van der Waals surface area contributed by atoms with Gasteiger partial charge in [0.15, 0.2) is 0 Å². The molecule has 72 valence electrons. The molecule has 0 unspecified atom stereocenters. The van der Waals surface area contributed by atoms with Gasteiger partial charge in [0, 0.05) is 0 Å². The van der Waals surface area contributed by atoms with Crippen LogP contribution in [0.3, 0.4) is 0 Å². The van der Waals surface area contributed by atoms with Crippen LogP contribution in [0.2, 0.25) is 0 Å². The van der Waals surface area contributed by atoms with E-state index in [1.807, 2.05) is 19.0 Å². The van der Waals surface area contributed by atoms with Crippen molar-refractivity contribution in [3.63, 3.8) is 0 Å². The fraction of sp³-hybridized carbons (Fsp3) is 0.500. The standard InChI is InChI=1S/C10H16N2O/c1-4-7-10(13)11-8-5-6-9-12(2)3/h4,7H,8-9H2,1-3H3,(H,11,13)/b7-4+. The molecule has 0 aliphatic heterocycles. The van der Waals surface area contributed by atoms with Crippen LogP contribution in [0, 0.1) is 11.8 Å². The highest BCUT2D eigenvalue weighted by Gasteiger charge is 1.88. The molecule has 0 aromatic carbocycles. The molecule has 0 atom stereocenters. The summed E-state index contributed by atoms with van der Waals surface area (Å²) < 4.78 is 0. The van der Waals surface area contributed by atoms with Crippen LogP contribution in [0.5, 0.6) is 0 Å². The van der Waals surface area contributed by atoms with Gasteiger partial charge in [-0.3, -0.25) is 9.69 Å². The van der Waals surface area contributed by atoms with Gasteiger partial charge in [-0.15, -0.1) is 0 Å². The number of carbonyl (C=O) groups is 1. The zero-order chi connectivity index (χ0) is 10.1. The zero-order valence-corrected chi connectivity index (χ0v) is 8.42. The van der Waals surface area contributed by atoms with Crippen LogP contribution in [0.1, 0.15) is 6.92 Å². The second kappa shape index (κ2) is 7.38. The molecule has 1 amide bonds. The van der Waals surface area contributed by atoms with Crippen molar-refractivity contribution in [3.05, 3.63) is 12.2 Å². The van der Waals surface area contributed by atoms with E-state index >= 15 is 0 Å². The summed E-state index contributed by atoms with van der Waals surface area (Å²) in [6, 6.07) is 0. The van der Waals surface area contributed by atoms with E-state index in [2.05, 4.69) is 17.2 Å².